The van der Waals surface area contributed by atoms with Crippen LogP contribution in [-0.4, -0.2) is 4.98 Å². The first-order valence-electron chi connectivity index (χ1n) is 3.68. The zero-order valence-electron chi connectivity index (χ0n) is 6.59. The molecule has 0 spiro atoms. The van der Waals surface area contributed by atoms with Crippen molar-refractivity contribution in [1.29, 1.82) is 0 Å². The van der Waals surface area contributed by atoms with E-state index in [1.807, 2.05) is 6.07 Å². The molecule has 1 aromatic heterocycles. The number of nitrogen functional groups attached to an aromatic ring is 1. The fourth-order valence-corrected chi connectivity index (χ4v) is 1.56. The third kappa shape index (κ3) is 1.43. The van der Waals surface area contributed by atoms with Crippen molar-refractivity contribution in [2.75, 3.05) is 5.73 Å². The Morgan fingerprint density at radius 2 is 2.00 bits per heavy atom. The minimum Gasteiger partial charge on any atom is -0.398 e. The summed E-state index contributed by atoms with van der Waals surface area (Å²) in [4.78, 5) is 3.94. The second-order valence-corrected chi connectivity index (χ2v) is 3.46. The fourth-order valence-electron chi connectivity index (χ4n) is 1.18. The third-order valence-corrected chi connectivity index (χ3v) is 2.46. The van der Waals surface area contributed by atoms with Crippen LogP contribution in [0.25, 0.3) is 10.8 Å². The summed E-state index contributed by atoms with van der Waals surface area (Å²) in [5, 5.41) is 2.71. The van der Waals surface area contributed by atoms with Gasteiger partial charge in [0.15, 0.2) is 0 Å². The maximum Gasteiger partial charge on any atom is 0.136 e. The summed E-state index contributed by atoms with van der Waals surface area (Å²) in [7, 11) is 0. The maximum atomic E-state index is 5.87. The van der Waals surface area contributed by atoms with Crippen LogP contribution in [0.4, 0.5) is 5.69 Å². The van der Waals surface area contributed by atoms with Crippen LogP contribution in [0.1, 0.15) is 0 Å². The number of rotatable bonds is 0. The molecule has 4 heteroatoms. The number of anilines is 1. The Labute approximate surface area is 85.3 Å². The fraction of sp³-hybridized carbons (Fsp3) is 0. The minimum absolute atomic E-state index is 0.444. The molecule has 2 N–H and O–H groups in total. The van der Waals surface area contributed by atoms with E-state index >= 15 is 0 Å². The molecule has 0 bridgehead atoms. The Morgan fingerprint density at radius 3 is 2.77 bits per heavy atom. The van der Waals surface area contributed by atoms with Crippen molar-refractivity contribution in [2.24, 2.45) is 0 Å². The SMILES string of the molecule is Nc1cc2ccnc(Cl)c2cc1Cl. The van der Waals surface area contributed by atoms with Gasteiger partial charge in [-0.05, 0) is 23.6 Å². The van der Waals surface area contributed by atoms with Crippen molar-refractivity contribution < 1.29 is 0 Å². The van der Waals surface area contributed by atoms with Gasteiger partial charge in [0.2, 0.25) is 0 Å². The Balaban J connectivity index is 2.89. The Hall–Kier alpha value is -0.990. The van der Waals surface area contributed by atoms with Crippen LogP contribution in [0.3, 0.4) is 0 Å². The lowest BCUT2D eigenvalue weighted by Gasteiger charge is -2.02. The largest absolute Gasteiger partial charge is 0.398 e. The number of benzene rings is 1. The van der Waals surface area contributed by atoms with Crippen molar-refractivity contribution >= 4 is 39.7 Å². The van der Waals surface area contributed by atoms with E-state index in [4.69, 9.17) is 28.9 Å². The van der Waals surface area contributed by atoms with Gasteiger partial charge in [-0.15, -0.1) is 0 Å². The molecular formula is C9H6Cl2N2. The summed E-state index contributed by atoms with van der Waals surface area (Å²) in [5.41, 5.74) is 6.19. The molecule has 0 amide bonds. The van der Waals surface area contributed by atoms with Crippen LogP contribution in [0.2, 0.25) is 10.2 Å². The van der Waals surface area contributed by atoms with Crippen molar-refractivity contribution in [3.63, 3.8) is 0 Å². The number of halogens is 2. The number of nitrogens with two attached hydrogens (primary N) is 1. The van der Waals surface area contributed by atoms with E-state index in [0.717, 1.165) is 10.8 Å². The van der Waals surface area contributed by atoms with Crippen LogP contribution in [0.5, 0.6) is 0 Å². The normalized spacial score (nSPS) is 10.6. The number of fused-ring (bicyclic) bond motifs is 1. The van der Waals surface area contributed by atoms with Gasteiger partial charge in [0.05, 0.1) is 10.7 Å². The third-order valence-electron chi connectivity index (χ3n) is 1.83. The molecule has 0 aliphatic rings. The highest BCUT2D eigenvalue weighted by molar-refractivity contribution is 6.37. The Kier molecular flexibility index (Phi) is 2.02. The number of hydrogen-bond donors (Lipinski definition) is 1. The molecule has 66 valence electrons. The monoisotopic (exact) mass is 212 g/mol. The van der Waals surface area contributed by atoms with E-state index in [2.05, 4.69) is 4.98 Å². The number of nitrogens with zero attached hydrogens (tertiary/aromatic N) is 1. The van der Waals surface area contributed by atoms with Gasteiger partial charge in [-0.25, -0.2) is 4.98 Å². The number of pyridine rings is 1. The topological polar surface area (TPSA) is 38.9 Å². The molecule has 0 saturated heterocycles. The van der Waals surface area contributed by atoms with E-state index in [1.165, 1.54) is 0 Å². The van der Waals surface area contributed by atoms with Crippen molar-refractivity contribution in [1.82, 2.24) is 4.98 Å². The molecule has 0 fully saturated rings. The van der Waals surface area contributed by atoms with Gasteiger partial charge in [0, 0.05) is 11.6 Å². The maximum absolute atomic E-state index is 5.87. The van der Waals surface area contributed by atoms with Gasteiger partial charge in [-0.2, -0.15) is 0 Å². The number of aromatic nitrogens is 1. The highest BCUT2D eigenvalue weighted by Gasteiger charge is 2.03. The smallest absolute Gasteiger partial charge is 0.136 e. The summed E-state index contributed by atoms with van der Waals surface area (Å²) in [5.74, 6) is 0. The molecule has 0 unspecified atom stereocenters. The summed E-state index contributed by atoms with van der Waals surface area (Å²) in [6.07, 6.45) is 1.64. The van der Waals surface area contributed by atoms with E-state index in [0.29, 0.717) is 15.9 Å². The van der Waals surface area contributed by atoms with Crippen molar-refractivity contribution in [3.8, 4) is 0 Å². The van der Waals surface area contributed by atoms with Gasteiger partial charge < -0.3 is 5.73 Å². The average Bonchev–Trinajstić information content (AvgIpc) is 2.09. The summed E-state index contributed by atoms with van der Waals surface area (Å²) < 4.78 is 0. The minimum atomic E-state index is 0.444. The highest BCUT2D eigenvalue weighted by atomic mass is 35.5. The van der Waals surface area contributed by atoms with Crippen LogP contribution in [0, 0.1) is 0 Å². The van der Waals surface area contributed by atoms with Gasteiger partial charge >= 0.3 is 0 Å². The molecule has 0 aliphatic carbocycles. The van der Waals surface area contributed by atoms with Crippen molar-refractivity contribution in [2.45, 2.75) is 0 Å². The second kappa shape index (κ2) is 3.05. The Morgan fingerprint density at radius 1 is 1.23 bits per heavy atom. The van der Waals surface area contributed by atoms with E-state index in [9.17, 15) is 0 Å². The molecule has 0 radical (unpaired) electrons. The zero-order valence-corrected chi connectivity index (χ0v) is 8.10. The lowest BCUT2D eigenvalue weighted by molar-refractivity contribution is 1.36. The second-order valence-electron chi connectivity index (χ2n) is 2.70. The molecule has 13 heavy (non-hydrogen) atoms. The molecule has 2 aromatic rings. The average molecular weight is 213 g/mol. The van der Waals surface area contributed by atoms with Gasteiger partial charge in [-0.3, -0.25) is 0 Å². The zero-order chi connectivity index (χ0) is 9.42. The summed E-state index contributed by atoms with van der Waals surface area (Å²) in [6.45, 7) is 0. The van der Waals surface area contributed by atoms with Gasteiger partial charge in [0.25, 0.3) is 0 Å². The van der Waals surface area contributed by atoms with Crippen LogP contribution >= 0.6 is 23.2 Å². The molecule has 2 nitrogen and oxygen atoms in total. The molecule has 2 rings (SSSR count). The van der Waals surface area contributed by atoms with Crippen LogP contribution in [-0.2, 0) is 0 Å². The first kappa shape index (κ1) is 8.60. The predicted molar refractivity (Wildman–Crippen MR) is 56.2 cm³/mol. The van der Waals surface area contributed by atoms with Crippen molar-refractivity contribution in [3.05, 3.63) is 34.6 Å². The first-order valence-corrected chi connectivity index (χ1v) is 4.43. The highest BCUT2D eigenvalue weighted by Crippen LogP contribution is 2.28. The van der Waals surface area contributed by atoms with E-state index in [1.54, 1.807) is 18.3 Å². The standard InChI is InChI=1S/C9H6Cl2N2/c10-7-4-6-5(3-8(7)12)1-2-13-9(6)11/h1-4H,12H2. The predicted octanol–water partition coefficient (Wildman–Crippen LogP) is 3.12. The van der Waals surface area contributed by atoms with Gasteiger partial charge in [0.1, 0.15) is 5.15 Å². The molecule has 0 saturated carbocycles. The van der Waals surface area contributed by atoms with E-state index in [-0.39, 0.29) is 0 Å². The van der Waals surface area contributed by atoms with Crippen LogP contribution < -0.4 is 5.73 Å². The summed E-state index contributed by atoms with van der Waals surface area (Å²) >= 11 is 11.7. The van der Waals surface area contributed by atoms with E-state index < -0.39 is 0 Å². The van der Waals surface area contributed by atoms with Crippen LogP contribution in [0.15, 0.2) is 24.4 Å². The van der Waals surface area contributed by atoms with Gasteiger partial charge in [-0.1, -0.05) is 23.2 Å². The molecule has 0 atom stereocenters. The molecule has 1 heterocycles. The Bertz CT molecular complexity index is 468. The lowest BCUT2D eigenvalue weighted by atomic mass is 10.1. The summed E-state index contributed by atoms with van der Waals surface area (Å²) in [6, 6.07) is 5.35. The quantitative estimate of drug-likeness (QED) is 0.539. The first-order chi connectivity index (χ1) is 6.18. The molecule has 0 aliphatic heterocycles. The number of hydrogen-bond acceptors (Lipinski definition) is 2. The molecular weight excluding hydrogens is 207 g/mol. The molecule has 1 aromatic carbocycles. The lowest BCUT2D eigenvalue weighted by Crippen LogP contribution is -1.87.